The maximum Gasteiger partial charge on any atom is 0.122 e. The summed E-state index contributed by atoms with van der Waals surface area (Å²) in [6, 6.07) is 19.8. The van der Waals surface area contributed by atoms with E-state index in [1.807, 2.05) is 0 Å². The predicted octanol–water partition coefficient (Wildman–Crippen LogP) is 2.06. The number of quaternary nitrogens is 1. The van der Waals surface area contributed by atoms with Crippen molar-refractivity contribution in [2.24, 2.45) is 5.92 Å². The first-order valence-electron chi connectivity index (χ1n) is 10.2. The summed E-state index contributed by atoms with van der Waals surface area (Å²) in [6.45, 7) is 10.1. The summed E-state index contributed by atoms with van der Waals surface area (Å²) in [5.74, 6) is 0.908. The van der Waals surface area contributed by atoms with Crippen LogP contribution in [-0.4, -0.2) is 30.7 Å². The number of ether oxygens (including phenoxy) is 1. The third kappa shape index (κ3) is 4.01. The second-order valence-corrected chi connectivity index (χ2v) is 8.65. The Morgan fingerprint density at radius 1 is 1.04 bits per heavy atom. The summed E-state index contributed by atoms with van der Waals surface area (Å²) in [6.07, 6.45) is 4.11. The van der Waals surface area contributed by atoms with Gasteiger partial charge < -0.3 is 26.2 Å². The molecule has 2 aromatic carbocycles. The SMILES string of the molecule is Cc1cccc(C2(C)CC3CC[N+]2(CCOCc2ccccc2)CC3)c1.[Br-]. The summed E-state index contributed by atoms with van der Waals surface area (Å²) >= 11 is 0. The van der Waals surface area contributed by atoms with Crippen LogP contribution in [0.1, 0.15) is 42.9 Å². The summed E-state index contributed by atoms with van der Waals surface area (Å²) in [5, 5.41) is 0. The highest BCUT2D eigenvalue weighted by Gasteiger charge is 2.55. The van der Waals surface area contributed by atoms with Gasteiger partial charge in [0, 0.05) is 12.0 Å². The molecule has 3 fully saturated rings. The molecule has 3 heteroatoms. The van der Waals surface area contributed by atoms with E-state index in [1.54, 1.807) is 0 Å². The molecule has 3 saturated heterocycles. The van der Waals surface area contributed by atoms with E-state index >= 15 is 0 Å². The minimum atomic E-state index is 0. The van der Waals surface area contributed by atoms with Crippen molar-refractivity contribution < 1.29 is 26.2 Å². The van der Waals surface area contributed by atoms with E-state index in [-0.39, 0.29) is 22.5 Å². The van der Waals surface area contributed by atoms with Crippen molar-refractivity contribution in [3.05, 3.63) is 71.3 Å². The van der Waals surface area contributed by atoms with Gasteiger partial charge >= 0.3 is 0 Å². The van der Waals surface area contributed by atoms with Gasteiger partial charge in [-0.1, -0.05) is 54.1 Å². The Hall–Kier alpha value is -1.16. The molecule has 0 aromatic heterocycles. The van der Waals surface area contributed by atoms with Gasteiger partial charge in [0.2, 0.25) is 0 Å². The van der Waals surface area contributed by atoms with Crippen LogP contribution in [0.3, 0.4) is 0 Å². The molecule has 0 aliphatic carbocycles. The van der Waals surface area contributed by atoms with Gasteiger partial charge in [0.15, 0.2) is 0 Å². The topological polar surface area (TPSA) is 9.23 Å². The molecule has 0 radical (unpaired) electrons. The lowest BCUT2D eigenvalue weighted by Gasteiger charge is -2.60. The first-order chi connectivity index (χ1) is 12.6. The summed E-state index contributed by atoms with van der Waals surface area (Å²) < 4.78 is 7.31. The largest absolute Gasteiger partial charge is 1.00 e. The number of halogens is 1. The molecule has 0 N–H and O–H groups in total. The van der Waals surface area contributed by atoms with Crippen molar-refractivity contribution in [2.75, 3.05) is 26.2 Å². The van der Waals surface area contributed by atoms with Gasteiger partial charge in [-0.15, -0.1) is 0 Å². The zero-order chi connectivity index (χ0) is 18.0. The van der Waals surface area contributed by atoms with E-state index in [0.717, 1.165) is 25.7 Å². The molecule has 5 rings (SSSR count). The number of aryl methyl sites for hydroxylation is 1. The van der Waals surface area contributed by atoms with Crippen LogP contribution >= 0.6 is 0 Å². The maximum absolute atomic E-state index is 6.10. The molecule has 3 heterocycles. The minimum Gasteiger partial charge on any atom is -1.00 e. The van der Waals surface area contributed by atoms with Crippen LogP contribution in [0.4, 0.5) is 0 Å². The Kier molecular flexibility index (Phi) is 6.45. The van der Waals surface area contributed by atoms with Crippen LogP contribution in [0.15, 0.2) is 54.6 Å². The van der Waals surface area contributed by atoms with Gasteiger partial charge in [-0.25, -0.2) is 0 Å². The van der Waals surface area contributed by atoms with E-state index in [0.29, 0.717) is 0 Å². The molecule has 2 bridgehead atoms. The Morgan fingerprint density at radius 3 is 2.48 bits per heavy atom. The lowest BCUT2D eigenvalue weighted by atomic mass is 9.69. The zero-order valence-electron chi connectivity index (χ0n) is 16.7. The second-order valence-electron chi connectivity index (χ2n) is 8.65. The van der Waals surface area contributed by atoms with Crippen LogP contribution in [-0.2, 0) is 16.9 Å². The third-order valence-electron chi connectivity index (χ3n) is 7.08. The molecule has 27 heavy (non-hydrogen) atoms. The van der Waals surface area contributed by atoms with Crippen LogP contribution in [0.2, 0.25) is 0 Å². The highest BCUT2D eigenvalue weighted by molar-refractivity contribution is 5.28. The molecule has 2 nitrogen and oxygen atoms in total. The Balaban J connectivity index is 0.00000210. The van der Waals surface area contributed by atoms with Gasteiger partial charge in [-0.05, 0) is 44.2 Å². The molecule has 2 aromatic rings. The summed E-state index contributed by atoms with van der Waals surface area (Å²) in [4.78, 5) is 0. The van der Waals surface area contributed by atoms with E-state index in [2.05, 4.69) is 68.4 Å². The highest BCUT2D eigenvalue weighted by Crippen LogP contribution is 2.50. The normalized spacial score (nSPS) is 29.3. The number of nitrogens with zero attached hydrogens (tertiary/aromatic N) is 1. The zero-order valence-corrected chi connectivity index (χ0v) is 18.2. The number of hydrogen-bond acceptors (Lipinski definition) is 1. The fourth-order valence-electron chi connectivity index (χ4n) is 5.41. The van der Waals surface area contributed by atoms with Crippen LogP contribution in [0.25, 0.3) is 0 Å². The average Bonchev–Trinajstić information content (AvgIpc) is 2.67. The monoisotopic (exact) mass is 429 g/mol. The second kappa shape index (κ2) is 8.46. The van der Waals surface area contributed by atoms with Gasteiger partial charge in [0.1, 0.15) is 12.1 Å². The average molecular weight is 430 g/mol. The standard InChI is InChI=1S/C24H32NO.BrH/c1-20-7-6-10-23(17-20)24(2)18-21-11-13-25(24,14-12-21)15-16-26-19-22-8-4-3-5-9-22;/h3-10,17,21H,11-16,18-19H2,1-2H3;1H/q+1;/p-1. The molecule has 146 valence electrons. The fraction of sp³-hybridized carbons (Fsp3) is 0.500. The molecule has 0 amide bonds. The van der Waals surface area contributed by atoms with Gasteiger partial charge in [0.05, 0.1) is 26.3 Å². The van der Waals surface area contributed by atoms with Crippen LogP contribution < -0.4 is 17.0 Å². The molecule has 3 aliphatic heterocycles. The third-order valence-corrected chi connectivity index (χ3v) is 7.08. The summed E-state index contributed by atoms with van der Waals surface area (Å²) in [7, 11) is 0. The fourth-order valence-corrected chi connectivity index (χ4v) is 5.41. The van der Waals surface area contributed by atoms with E-state index in [1.165, 1.54) is 53.5 Å². The van der Waals surface area contributed by atoms with Crippen molar-refractivity contribution in [1.82, 2.24) is 0 Å². The smallest absolute Gasteiger partial charge is 0.122 e. The molecular weight excluding hydrogens is 398 g/mol. The molecule has 1 atom stereocenters. The van der Waals surface area contributed by atoms with Crippen molar-refractivity contribution >= 4 is 0 Å². The van der Waals surface area contributed by atoms with Crippen molar-refractivity contribution in [1.29, 1.82) is 0 Å². The molecule has 0 saturated carbocycles. The first-order valence-corrected chi connectivity index (χ1v) is 10.2. The summed E-state index contributed by atoms with van der Waals surface area (Å²) in [5.41, 5.74) is 4.42. The quantitative estimate of drug-likeness (QED) is 0.504. The molecule has 3 aliphatic rings. The Morgan fingerprint density at radius 2 is 1.78 bits per heavy atom. The van der Waals surface area contributed by atoms with Gasteiger partial charge in [0.25, 0.3) is 0 Å². The number of benzene rings is 2. The van der Waals surface area contributed by atoms with Gasteiger partial charge in [-0.2, -0.15) is 0 Å². The van der Waals surface area contributed by atoms with Crippen LogP contribution in [0, 0.1) is 12.8 Å². The molecule has 0 spiro atoms. The van der Waals surface area contributed by atoms with Crippen molar-refractivity contribution in [3.8, 4) is 0 Å². The lowest BCUT2D eigenvalue weighted by molar-refractivity contribution is -0.997. The minimum absolute atomic E-state index is 0. The Bertz CT molecular complexity index is 739. The Labute approximate surface area is 174 Å². The van der Waals surface area contributed by atoms with E-state index < -0.39 is 0 Å². The van der Waals surface area contributed by atoms with Gasteiger partial charge in [-0.3, -0.25) is 0 Å². The predicted molar refractivity (Wildman–Crippen MR) is 107 cm³/mol. The number of hydrogen-bond donors (Lipinski definition) is 0. The maximum atomic E-state index is 6.10. The number of fused-ring (bicyclic) bond motifs is 3. The molecular formula is C24H32BrNO. The highest BCUT2D eigenvalue weighted by atomic mass is 79.9. The molecule has 1 unspecified atom stereocenters. The number of piperidine rings is 3. The van der Waals surface area contributed by atoms with E-state index in [9.17, 15) is 0 Å². The van der Waals surface area contributed by atoms with Crippen molar-refractivity contribution in [2.45, 2.75) is 45.3 Å². The first kappa shape index (κ1) is 20.6. The van der Waals surface area contributed by atoms with E-state index in [4.69, 9.17) is 4.74 Å². The number of rotatable bonds is 6. The lowest BCUT2D eigenvalue weighted by Crippen LogP contribution is -3.00. The van der Waals surface area contributed by atoms with Crippen molar-refractivity contribution in [3.63, 3.8) is 0 Å². The van der Waals surface area contributed by atoms with Crippen LogP contribution in [0.5, 0.6) is 0 Å².